The Hall–Kier alpha value is -1.33. The third-order valence-electron chi connectivity index (χ3n) is 4.13. The van der Waals surface area contributed by atoms with Crippen molar-refractivity contribution in [2.45, 2.75) is 56.7 Å². The quantitative estimate of drug-likeness (QED) is 0.394. The molecule has 13 heteroatoms. The van der Waals surface area contributed by atoms with Crippen LogP contribution in [0.25, 0.3) is 0 Å². The number of carbonyl (C=O) groups is 2. The zero-order valence-electron chi connectivity index (χ0n) is 14.1. The number of hydrogen-bond acceptors (Lipinski definition) is 7. The second kappa shape index (κ2) is 6.63. The fourth-order valence-electron chi connectivity index (χ4n) is 2.95. The molecule has 0 N–H and O–H groups in total. The molecular weight excluding hydrogens is 401 g/mol. The van der Waals surface area contributed by atoms with E-state index < -0.39 is 68.9 Å². The summed E-state index contributed by atoms with van der Waals surface area (Å²) in [6.07, 6.45) is -8.62. The molecule has 0 spiro atoms. The molecule has 3 heterocycles. The van der Waals surface area contributed by atoms with Gasteiger partial charge in [-0.3, -0.25) is 28.1 Å². The number of fused-ring (bicyclic) bond motifs is 1. The van der Waals surface area contributed by atoms with E-state index in [2.05, 4.69) is 0 Å². The first-order valence-corrected chi connectivity index (χ1v) is 9.35. The van der Waals surface area contributed by atoms with Gasteiger partial charge in [-0.1, -0.05) is 0 Å². The van der Waals surface area contributed by atoms with Crippen molar-refractivity contribution in [2.24, 2.45) is 0 Å². The number of rotatable bonds is 4. The summed E-state index contributed by atoms with van der Waals surface area (Å²) < 4.78 is 88.9. The molecule has 0 aliphatic carbocycles. The van der Waals surface area contributed by atoms with Crippen LogP contribution in [0.3, 0.4) is 0 Å². The van der Waals surface area contributed by atoms with Crippen molar-refractivity contribution in [3.63, 3.8) is 0 Å². The molecule has 1 amide bonds. The Morgan fingerprint density at radius 3 is 2.56 bits per heavy atom. The molecule has 1 unspecified atom stereocenters. The summed E-state index contributed by atoms with van der Waals surface area (Å²) in [6.45, 7) is 1.64. The van der Waals surface area contributed by atoms with Gasteiger partial charge in [0, 0.05) is 6.20 Å². The highest BCUT2D eigenvalue weighted by Gasteiger charge is 2.76. The van der Waals surface area contributed by atoms with Crippen LogP contribution in [0.5, 0.6) is 0 Å². The zero-order chi connectivity index (χ0) is 20.2. The van der Waals surface area contributed by atoms with Crippen molar-refractivity contribution in [3.05, 3.63) is 12.3 Å². The lowest BCUT2D eigenvalue weighted by atomic mass is 9.95. The maximum atomic E-state index is 15.0. The largest absolute Gasteiger partial charge is 0.475 e. The van der Waals surface area contributed by atoms with E-state index in [9.17, 15) is 31.7 Å². The summed E-state index contributed by atoms with van der Waals surface area (Å²) in [6, 6.07) is 0. The molecule has 3 aliphatic rings. The third kappa shape index (κ3) is 3.33. The maximum absolute atomic E-state index is 15.0. The van der Waals surface area contributed by atoms with E-state index in [0.717, 1.165) is 12.3 Å². The number of phosphoric ester groups is 1. The number of alkyl halides is 4. The average molecular weight is 417 g/mol. The Morgan fingerprint density at radius 1 is 1.33 bits per heavy atom. The minimum atomic E-state index is -4.56. The fraction of sp³-hybridized carbons (Fsp3) is 0.714. The standard InChI is InChI=1S/C14H16F4NO7P/c1-7(2)25-27(22)23-6-13(11(15)16)10(26-27)14(17,18)12(24-13)19-4-3-8(20)5-9(19)21/h3-4,7,10-12H,5-6H2,1-2H3/t10-,12-,13-,27?/m1/s1. The molecule has 0 aromatic carbocycles. The summed E-state index contributed by atoms with van der Waals surface area (Å²) in [5, 5.41) is 0. The smallest absolute Gasteiger partial charge is 0.333 e. The molecule has 152 valence electrons. The molecular formula is C14H16F4NO7P. The summed E-state index contributed by atoms with van der Waals surface area (Å²) in [5.41, 5.74) is -2.97. The van der Waals surface area contributed by atoms with E-state index >= 15 is 0 Å². The fourth-order valence-corrected chi connectivity index (χ4v) is 4.58. The number of allylic oxidation sites excluding steroid dienone is 1. The van der Waals surface area contributed by atoms with Crippen molar-refractivity contribution >= 4 is 19.5 Å². The Bertz CT molecular complexity index is 730. The first-order valence-electron chi connectivity index (χ1n) is 7.88. The number of hydrogen-bond donors (Lipinski definition) is 0. The van der Waals surface area contributed by atoms with Gasteiger partial charge >= 0.3 is 13.7 Å². The van der Waals surface area contributed by atoms with Crippen LogP contribution in [0, 0.1) is 0 Å². The van der Waals surface area contributed by atoms with Crippen LogP contribution in [-0.4, -0.2) is 59.6 Å². The summed E-state index contributed by atoms with van der Waals surface area (Å²) in [7, 11) is -4.56. The van der Waals surface area contributed by atoms with E-state index in [1.165, 1.54) is 13.8 Å². The van der Waals surface area contributed by atoms with Gasteiger partial charge in [0.25, 0.3) is 6.43 Å². The van der Waals surface area contributed by atoms with Crippen molar-refractivity contribution in [1.29, 1.82) is 0 Å². The number of ether oxygens (including phenoxy) is 1. The predicted octanol–water partition coefficient (Wildman–Crippen LogP) is 2.25. The molecule has 2 saturated heterocycles. The van der Waals surface area contributed by atoms with Gasteiger partial charge in [-0.2, -0.15) is 8.78 Å². The SMILES string of the molecule is CC(C)OP1(=O)OC[C@@]2(C(F)F)O[C@@H](N3C=CC(=O)CC3=O)C(F)(F)[C@@H]2O1. The Labute approximate surface area is 151 Å². The van der Waals surface area contributed by atoms with Crippen LogP contribution < -0.4 is 0 Å². The number of carbonyl (C=O) groups excluding carboxylic acids is 2. The maximum Gasteiger partial charge on any atom is 0.475 e. The highest BCUT2D eigenvalue weighted by molar-refractivity contribution is 7.48. The number of amides is 1. The minimum absolute atomic E-state index is 0.349. The van der Waals surface area contributed by atoms with Gasteiger partial charge in [0.2, 0.25) is 12.1 Å². The van der Waals surface area contributed by atoms with Crippen LogP contribution in [0.2, 0.25) is 0 Å². The van der Waals surface area contributed by atoms with Gasteiger partial charge in [0.15, 0.2) is 17.5 Å². The van der Waals surface area contributed by atoms with E-state index in [0.29, 0.717) is 4.90 Å². The first kappa shape index (κ1) is 20.4. The average Bonchev–Trinajstić information content (AvgIpc) is 2.75. The van der Waals surface area contributed by atoms with Gasteiger partial charge in [-0.25, -0.2) is 13.3 Å². The van der Waals surface area contributed by atoms with Crippen molar-refractivity contribution in [2.75, 3.05) is 6.61 Å². The lowest BCUT2D eigenvalue weighted by molar-refractivity contribution is -0.213. The molecule has 3 rings (SSSR count). The van der Waals surface area contributed by atoms with E-state index in [1.807, 2.05) is 0 Å². The van der Waals surface area contributed by atoms with Crippen LogP contribution >= 0.6 is 7.82 Å². The van der Waals surface area contributed by atoms with Gasteiger partial charge in [0.1, 0.15) is 0 Å². The second-order valence-corrected chi connectivity index (χ2v) is 8.09. The highest BCUT2D eigenvalue weighted by atomic mass is 31.2. The molecule has 0 saturated carbocycles. The van der Waals surface area contributed by atoms with Gasteiger partial charge in [0.05, 0.1) is 19.1 Å². The Kier molecular flexibility index (Phi) is 5.01. The Balaban J connectivity index is 1.98. The van der Waals surface area contributed by atoms with E-state index in [4.69, 9.17) is 18.3 Å². The molecule has 0 aromatic heterocycles. The van der Waals surface area contributed by atoms with Crippen LogP contribution in [0.1, 0.15) is 20.3 Å². The number of ketones is 1. The normalized spacial score (nSPS) is 38.7. The summed E-state index contributed by atoms with van der Waals surface area (Å²) >= 11 is 0. The van der Waals surface area contributed by atoms with Gasteiger partial charge in [-0.05, 0) is 19.9 Å². The number of halogens is 4. The highest BCUT2D eigenvalue weighted by Crippen LogP contribution is 2.63. The zero-order valence-corrected chi connectivity index (χ0v) is 15.0. The van der Waals surface area contributed by atoms with E-state index in [-0.39, 0.29) is 0 Å². The second-order valence-electron chi connectivity index (χ2n) is 6.52. The molecule has 27 heavy (non-hydrogen) atoms. The third-order valence-corrected chi connectivity index (χ3v) is 5.73. The van der Waals surface area contributed by atoms with Crippen molar-refractivity contribution < 1.29 is 50.0 Å². The molecule has 8 nitrogen and oxygen atoms in total. The lowest BCUT2D eigenvalue weighted by Gasteiger charge is -2.39. The summed E-state index contributed by atoms with van der Waals surface area (Å²) in [5.74, 6) is -5.89. The summed E-state index contributed by atoms with van der Waals surface area (Å²) in [4.78, 5) is 23.5. The molecule has 3 aliphatic heterocycles. The van der Waals surface area contributed by atoms with Crippen LogP contribution in [0.15, 0.2) is 12.3 Å². The number of phosphoric acid groups is 1. The van der Waals surface area contributed by atoms with Crippen LogP contribution in [-0.2, 0) is 32.5 Å². The topological polar surface area (TPSA) is 91.4 Å². The van der Waals surface area contributed by atoms with Crippen molar-refractivity contribution in [3.8, 4) is 0 Å². The van der Waals surface area contributed by atoms with Crippen molar-refractivity contribution in [1.82, 2.24) is 4.90 Å². The molecule has 0 bridgehead atoms. The van der Waals surface area contributed by atoms with Crippen LogP contribution in [0.4, 0.5) is 17.6 Å². The number of nitrogens with zero attached hydrogens (tertiary/aromatic N) is 1. The molecule has 0 aromatic rings. The predicted molar refractivity (Wildman–Crippen MR) is 78.8 cm³/mol. The van der Waals surface area contributed by atoms with Gasteiger partial charge in [-0.15, -0.1) is 0 Å². The Morgan fingerprint density at radius 2 is 2.00 bits per heavy atom. The van der Waals surface area contributed by atoms with Gasteiger partial charge < -0.3 is 4.74 Å². The minimum Gasteiger partial charge on any atom is -0.333 e. The first-order chi connectivity index (χ1) is 12.4. The monoisotopic (exact) mass is 417 g/mol. The molecule has 2 fully saturated rings. The molecule has 0 radical (unpaired) electrons. The van der Waals surface area contributed by atoms with E-state index in [1.54, 1.807) is 0 Å². The lowest BCUT2D eigenvalue weighted by Crippen LogP contribution is -2.58. The molecule has 4 atom stereocenters.